The third kappa shape index (κ3) is 3.30. The minimum atomic E-state index is -3.36. The summed E-state index contributed by atoms with van der Waals surface area (Å²) < 4.78 is 27.2. The average Bonchev–Trinajstić information content (AvgIpc) is 2.80. The van der Waals surface area contributed by atoms with E-state index in [0.29, 0.717) is 36.4 Å². The first-order valence-electron chi connectivity index (χ1n) is 7.66. The SMILES string of the molecule is CCc1ccc(S(=O)(=O)N2CC(C)C(C)C2)cc1CNC. The molecule has 2 atom stereocenters. The third-order valence-electron chi connectivity index (χ3n) is 4.52. The molecule has 1 N–H and O–H groups in total. The van der Waals surface area contributed by atoms with Crippen LogP contribution in [0.4, 0.5) is 0 Å². The molecule has 0 amide bonds. The van der Waals surface area contributed by atoms with Crippen molar-refractivity contribution in [2.75, 3.05) is 20.1 Å². The second kappa shape index (κ2) is 6.46. The quantitative estimate of drug-likeness (QED) is 0.907. The highest BCUT2D eigenvalue weighted by atomic mass is 32.2. The molecule has 0 aliphatic carbocycles. The minimum Gasteiger partial charge on any atom is -0.316 e. The lowest BCUT2D eigenvalue weighted by molar-refractivity contribution is 0.463. The molecular formula is C16H26N2O2S. The minimum absolute atomic E-state index is 0.422. The van der Waals surface area contributed by atoms with Gasteiger partial charge in [-0.15, -0.1) is 0 Å². The Morgan fingerprint density at radius 1 is 1.19 bits per heavy atom. The standard InChI is InChI=1S/C16H26N2O2S/c1-5-14-6-7-16(8-15(14)9-17-4)21(19,20)18-10-12(2)13(3)11-18/h6-8,12-13,17H,5,9-11H2,1-4H3. The van der Waals surface area contributed by atoms with Crippen molar-refractivity contribution in [2.24, 2.45) is 11.8 Å². The molecular weight excluding hydrogens is 284 g/mol. The first-order valence-corrected chi connectivity index (χ1v) is 9.10. The highest BCUT2D eigenvalue weighted by molar-refractivity contribution is 7.89. The van der Waals surface area contributed by atoms with Gasteiger partial charge in [-0.25, -0.2) is 8.42 Å². The molecule has 2 rings (SSSR count). The van der Waals surface area contributed by atoms with E-state index in [2.05, 4.69) is 26.1 Å². The zero-order chi connectivity index (χ0) is 15.6. The highest BCUT2D eigenvalue weighted by Crippen LogP contribution is 2.29. The summed E-state index contributed by atoms with van der Waals surface area (Å²) in [5.74, 6) is 0.845. The third-order valence-corrected chi connectivity index (χ3v) is 6.35. The summed E-state index contributed by atoms with van der Waals surface area (Å²) in [5, 5.41) is 3.11. The highest BCUT2D eigenvalue weighted by Gasteiger charge is 2.35. The fourth-order valence-corrected chi connectivity index (χ4v) is 4.58. The van der Waals surface area contributed by atoms with Crippen molar-refractivity contribution in [1.82, 2.24) is 9.62 Å². The first-order chi connectivity index (χ1) is 9.90. The van der Waals surface area contributed by atoms with Crippen LogP contribution in [0.1, 0.15) is 31.9 Å². The zero-order valence-electron chi connectivity index (χ0n) is 13.4. The van der Waals surface area contributed by atoms with E-state index < -0.39 is 10.0 Å². The molecule has 21 heavy (non-hydrogen) atoms. The van der Waals surface area contributed by atoms with E-state index in [-0.39, 0.29) is 0 Å². The van der Waals surface area contributed by atoms with Gasteiger partial charge in [-0.2, -0.15) is 4.31 Å². The van der Waals surface area contributed by atoms with Crippen LogP contribution in [0.3, 0.4) is 0 Å². The maximum absolute atomic E-state index is 12.8. The second-order valence-electron chi connectivity index (χ2n) is 6.09. The van der Waals surface area contributed by atoms with Crippen LogP contribution in [0.5, 0.6) is 0 Å². The Hall–Kier alpha value is -0.910. The van der Waals surface area contributed by atoms with E-state index in [1.54, 1.807) is 10.4 Å². The van der Waals surface area contributed by atoms with E-state index in [9.17, 15) is 8.42 Å². The van der Waals surface area contributed by atoms with Gasteiger partial charge >= 0.3 is 0 Å². The van der Waals surface area contributed by atoms with Gasteiger partial charge in [-0.05, 0) is 48.6 Å². The van der Waals surface area contributed by atoms with E-state index in [1.165, 1.54) is 5.56 Å². The maximum atomic E-state index is 12.8. The number of sulfonamides is 1. The summed E-state index contributed by atoms with van der Waals surface area (Å²) in [4.78, 5) is 0.422. The summed E-state index contributed by atoms with van der Waals surface area (Å²) in [6.07, 6.45) is 0.912. The van der Waals surface area contributed by atoms with Gasteiger partial charge in [0.1, 0.15) is 0 Å². The van der Waals surface area contributed by atoms with Gasteiger partial charge in [-0.1, -0.05) is 26.8 Å². The van der Waals surface area contributed by atoms with Gasteiger partial charge in [0, 0.05) is 19.6 Å². The van der Waals surface area contributed by atoms with Crippen LogP contribution in [-0.2, 0) is 23.0 Å². The van der Waals surface area contributed by atoms with Crippen molar-refractivity contribution >= 4 is 10.0 Å². The van der Waals surface area contributed by atoms with E-state index in [4.69, 9.17) is 0 Å². The van der Waals surface area contributed by atoms with Crippen LogP contribution in [-0.4, -0.2) is 32.9 Å². The Bertz CT molecular complexity index is 588. The van der Waals surface area contributed by atoms with E-state index >= 15 is 0 Å². The van der Waals surface area contributed by atoms with Crippen molar-refractivity contribution in [3.05, 3.63) is 29.3 Å². The molecule has 1 heterocycles. The molecule has 4 nitrogen and oxygen atoms in total. The van der Waals surface area contributed by atoms with Crippen molar-refractivity contribution in [3.8, 4) is 0 Å². The average molecular weight is 310 g/mol. The van der Waals surface area contributed by atoms with Crippen molar-refractivity contribution in [3.63, 3.8) is 0 Å². The summed E-state index contributed by atoms with van der Waals surface area (Å²) in [6, 6.07) is 5.53. The van der Waals surface area contributed by atoms with Crippen LogP contribution in [0.25, 0.3) is 0 Å². The second-order valence-corrected chi connectivity index (χ2v) is 8.03. The molecule has 1 aliphatic heterocycles. The van der Waals surface area contributed by atoms with Crippen LogP contribution in [0, 0.1) is 11.8 Å². The molecule has 5 heteroatoms. The Morgan fingerprint density at radius 3 is 2.33 bits per heavy atom. The molecule has 1 aromatic rings. The number of nitrogens with zero attached hydrogens (tertiary/aromatic N) is 1. The van der Waals surface area contributed by atoms with Gasteiger partial charge in [0.05, 0.1) is 4.90 Å². The predicted molar refractivity (Wildman–Crippen MR) is 85.7 cm³/mol. The molecule has 0 spiro atoms. The molecule has 1 saturated heterocycles. The van der Waals surface area contributed by atoms with E-state index in [0.717, 1.165) is 12.0 Å². The Labute approximate surface area is 128 Å². The summed E-state index contributed by atoms with van der Waals surface area (Å²) in [6.45, 7) is 8.27. The Morgan fingerprint density at radius 2 is 1.81 bits per heavy atom. The van der Waals surface area contributed by atoms with E-state index in [1.807, 2.05) is 19.2 Å². The fraction of sp³-hybridized carbons (Fsp3) is 0.625. The normalized spacial score (nSPS) is 23.6. The molecule has 0 saturated carbocycles. The smallest absolute Gasteiger partial charge is 0.243 e. The molecule has 1 aliphatic rings. The lowest BCUT2D eigenvalue weighted by atomic mass is 10.0. The number of nitrogens with one attached hydrogen (secondary N) is 1. The molecule has 0 bridgehead atoms. The number of hydrogen-bond donors (Lipinski definition) is 1. The van der Waals surface area contributed by atoms with Crippen LogP contribution < -0.4 is 5.32 Å². The lowest BCUT2D eigenvalue weighted by Crippen LogP contribution is -2.29. The maximum Gasteiger partial charge on any atom is 0.243 e. The Balaban J connectivity index is 2.34. The number of benzene rings is 1. The molecule has 2 unspecified atom stereocenters. The van der Waals surface area contributed by atoms with Gasteiger partial charge in [0.2, 0.25) is 10.0 Å². The van der Waals surface area contributed by atoms with Crippen LogP contribution >= 0.6 is 0 Å². The zero-order valence-corrected chi connectivity index (χ0v) is 14.2. The summed E-state index contributed by atoms with van der Waals surface area (Å²) >= 11 is 0. The van der Waals surface area contributed by atoms with Gasteiger partial charge in [0.15, 0.2) is 0 Å². The largest absolute Gasteiger partial charge is 0.316 e. The molecule has 1 aromatic carbocycles. The first kappa shape index (κ1) is 16.5. The summed E-state index contributed by atoms with van der Waals surface area (Å²) in [5.41, 5.74) is 2.27. The Kier molecular flexibility index (Phi) is 5.07. The van der Waals surface area contributed by atoms with Crippen molar-refractivity contribution in [1.29, 1.82) is 0 Å². The van der Waals surface area contributed by atoms with Crippen molar-refractivity contribution in [2.45, 2.75) is 38.6 Å². The van der Waals surface area contributed by atoms with Gasteiger partial charge in [0.25, 0.3) is 0 Å². The van der Waals surface area contributed by atoms with Gasteiger partial charge in [-0.3, -0.25) is 0 Å². The monoisotopic (exact) mass is 310 g/mol. The van der Waals surface area contributed by atoms with Crippen LogP contribution in [0.2, 0.25) is 0 Å². The van der Waals surface area contributed by atoms with Gasteiger partial charge < -0.3 is 5.32 Å². The molecule has 118 valence electrons. The molecule has 0 radical (unpaired) electrons. The number of hydrogen-bond acceptors (Lipinski definition) is 3. The number of aryl methyl sites for hydroxylation is 1. The molecule has 0 aromatic heterocycles. The van der Waals surface area contributed by atoms with Crippen molar-refractivity contribution < 1.29 is 8.42 Å². The lowest BCUT2D eigenvalue weighted by Gasteiger charge is -2.18. The molecule has 1 fully saturated rings. The fourth-order valence-electron chi connectivity index (χ4n) is 2.88. The summed E-state index contributed by atoms with van der Waals surface area (Å²) in [7, 11) is -1.49. The van der Waals surface area contributed by atoms with Crippen LogP contribution in [0.15, 0.2) is 23.1 Å². The predicted octanol–water partition coefficient (Wildman–Crippen LogP) is 2.24. The topological polar surface area (TPSA) is 49.4 Å². The number of rotatable bonds is 5.